The molecule has 70 heavy (non-hydrogen) atoms. The second-order valence-corrected chi connectivity index (χ2v) is 23.2. The highest BCUT2D eigenvalue weighted by Crippen LogP contribution is 2.19. The molecule has 0 aromatic carbocycles. The number of rotatable bonds is 57. The van der Waals surface area contributed by atoms with Crippen LogP contribution in [-0.2, 0) is 28.6 Å². The minimum atomic E-state index is -0.764. The second kappa shape index (κ2) is 55.2. The molecule has 6 heteroatoms. The first kappa shape index (κ1) is 68.4. The largest absolute Gasteiger partial charge is 0.462 e. The Morgan fingerprint density at radius 2 is 0.500 bits per heavy atom. The Hall–Kier alpha value is -1.59. The molecule has 0 aliphatic heterocycles. The minimum absolute atomic E-state index is 0.0637. The Balaban J connectivity index is 4.16. The topological polar surface area (TPSA) is 78.9 Å². The lowest BCUT2D eigenvalue weighted by Gasteiger charge is -2.18. The Labute approximate surface area is 438 Å². The highest BCUT2D eigenvalue weighted by atomic mass is 16.6. The SMILES string of the molecule is CCC(C)CCCCCCCCCCCCCCCCCCCCC(=O)OC[C@@H](COC(=O)CCCCCCCCC(C)C)OC(=O)CCCCCCCCCCCCCCCCCCCCC(C)C. The van der Waals surface area contributed by atoms with Crippen molar-refractivity contribution < 1.29 is 28.6 Å². The molecule has 0 heterocycles. The highest BCUT2D eigenvalue weighted by molar-refractivity contribution is 5.71. The van der Waals surface area contributed by atoms with Crippen molar-refractivity contribution in [3.05, 3.63) is 0 Å². The lowest BCUT2D eigenvalue weighted by Crippen LogP contribution is -2.30. The number of carbonyl (C=O) groups excluding carboxylic acids is 3. The lowest BCUT2D eigenvalue weighted by molar-refractivity contribution is -0.167. The van der Waals surface area contributed by atoms with E-state index in [1.165, 1.54) is 238 Å². The average molecular weight is 990 g/mol. The zero-order valence-corrected chi connectivity index (χ0v) is 48.3. The molecule has 0 aromatic rings. The van der Waals surface area contributed by atoms with Gasteiger partial charge in [-0.1, -0.05) is 318 Å². The maximum absolute atomic E-state index is 12.9. The van der Waals surface area contributed by atoms with E-state index in [9.17, 15) is 14.4 Å². The second-order valence-electron chi connectivity index (χ2n) is 23.2. The van der Waals surface area contributed by atoms with Crippen LogP contribution in [0.5, 0.6) is 0 Å². The summed E-state index contributed by atoms with van der Waals surface area (Å²) in [6.07, 6.45) is 59.8. The quantitative estimate of drug-likeness (QED) is 0.0343. The lowest BCUT2D eigenvalue weighted by atomic mass is 9.99. The molecular formula is C64H124O6. The molecule has 2 atom stereocenters. The maximum atomic E-state index is 12.9. The summed E-state index contributed by atoms with van der Waals surface area (Å²) < 4.78 is 16.9. The first-order chi connectivity index (χ1) is 34.1. The first-order valence-electron chi connectivity index (χ1n) is 31.6. The number of hydrogen-bond donors (Lipinski definition) is 0. The number of esters is 3. The van der Waals surface area contributed by atoms with Crippen molar-refractivity contribution in [2.24, 2.45) is 17.8 Å². The van der Waals surface area contributed by atoms with Crippen LogP contribution in [0, 0.1) is 17.8 Å². The fourth-order valence-electron chi connectivity index (χ4n) is 9.85. The van der Waals surface area contributed by atoms with Crippen molar-refractivity contribution in [3.63, 3.8) is 0 Å². The smallest absolute Gasteiger partial charge is 0.306 e. The van der Waals surface area contributed by atoms with Crippen LogP contribution in [0.4, 0.5) is 0 Å². The molecule has 1 unspecified atom stereocenters. The normalized spacial score (nSPS) is 12.5. The number of hydrogen-bond acceptors (Lipinski definition) is 6. The van der Waals surface area contributed by atoms with Crippen LogP contribution in [0.1, 0.15) is 356 Å². The Bertz CT molecular complexity index is 1090. The van der Waals surface area contributed by atoms with E-state index in [0.29, 0.717) is 19.3 Å². The molecule has 0 radical (unpaired) electrons. The van der Waals surface area contributed by atoms with Gasteiger partial charge < -0.3 is 14.2 Å². The molecular weight excluding hydrogens is 865 g/mol. The molecule has 0 spiro atoms. The van der Waals surface area contributed by atoms with Gasteiger partial charge in [-0.3, -0.25) is 14.4 Å². The van der Waals surface area contributed by atoms with Crippen LogP contribution in [-0.4, -0.2) is 37.2 Å². The summed E-state index contributed by atoms with van der Waals surface area (Å²) >= 11 is 0. The van der Waals surface area contributed by atoms with E-state index in [1.54, 1.807) is 0 Å². The average Bonchev–Trinajstić information content (AvgIpc) is 3.33. The molecule has 0 rings (SSSR count). The molecule has 0 N–H and O–H groups in total. The van der Waals surface area contributed by atoms with Crippen molar-refractivity contribution in [2.75, 3.05) is 13.2 Å². The number of unbranched alkanes of at least 4 members (excludes halogenated alkanes) is 39. The Morgan fingerprint density at radius 1 is 0.286 bits per heavy atom. The summed E-state index contributed by atoms with van der Waals surface area (Å²) in [6, 6.07) is 0. The molecule has 0 fully saturated rings. The van der Waals surface area contributed by atoms with E-state index in [-0.39, 0.29) is 31.1 Å². The predicted molar refractivity (Wildman–Crippen MR) is 303 cm³/mol. The number of carbonyl (C=O) groups is 3. The van der Waals surface area contributed by atoms with Crippen molar-refractivity contribution in [1.82, 2.24) is 0 Å². The summed E-state index contributed by atoms with van der Waals surface area (Å²) in [4.78, 5) is 38.2. The summed E-state index contributed by atoms with van der Waals surface area (Å²) in [6.45, 7) is 13.8. The van der Waals surface area contributed by atoms with Crippen LogP contribution in [0.15, 0.2) is 0 Å². The van der Waals surface area contributed by atoms with Crippen molar-refractivity contribution in [2.45, 2.75) is 362 Å². The van der Waals surface area contributed by atoms with E-state index in [0.717, 1.165) is 75.5 Å². The van der Waals surface area contributed by atoms with E-state index in [2.05, 4.69) is 41.5 Å². The molecule has 0 saturated heterocycles. The molecule has 0 bridgehead atoms. The summed E-state index contributed by atoms with van der Waals surface area (Å²) in [5.74, 6) is 1.69. The van der Waals surface area contributed by atoms with E-state index in [4.69, 9.17) is 14.2 Å². The van der Waals surface area contributed by atoms with Gasteiger partial charge in [0.25, 0.3) is 0 Å². The van der Waals surface area contributed by atoms with Crippen molar-refractivity contribution >= 4 is 17.9 Å². The van der Waals surface area contributed by atoms with Gasteiger partial charge in [0, 0.05) is 19.3 Å². The minimum Gasteiger partial charge on any atom is -0.462 e. The molecule has 0 aromatic heterocycles. The van der Waals surface area contributed by atoms with Gasteiger partial charge in [0.2, 0.25) is 0 Å². The Morgan fingerprint density at radius 3 is 0.743 bits per heavy atom. The number of ether oxygens (including phenoxy) is 3. The summed E-state index contributed by atoms with van der Waals surface area (Å²) in [5, 5.41) is 0. The van der Waals surface area contributed by atoms with Crippen LogP contribution >= 0.6 is 0 Å². The molecule has 0 amide bonds. The van der Waals surface area contributed by atoms with Crippen LogP contribution in [0.25, 0.3) is 0 Å². The summed E-state index contributed by atoms with van der Waals surface area (Å²) in [7, 11) is 0. The first-order valence-corrected chi connectivity index (χ1v) is 31.6. The van der Waals surface area contributed by atoms with E-state index >= 15 is 0 Å². The standard InChI is InChI=1S/C64H124O6/c1-7-60(6)52-46-40-33-29-25-21-17-13-9-11-14-18-22-26-30-34-41-47-53-62(65)68-56-61(57-69-63(66)54-48-42-37-36-39-45-51-59(4)5)70-64(67)55-49-43-35-31-27-23-19-15-10-8-12-16-20-24-28-32-38-44-50-58(2)3/h58-61H,7-57H2,1-6H3/t60?,61-/m0/s1. The van der Waals surface area contributed by atoms with Gasteiger partial charge in [-0.05, 0) is 37.0 Å². The fraction of sp³-hybridized carbons (Fsp3) is 0.953. The fourth-order valence-corrected chi connectivity index (χ4v) is 9.85. The third-order valence-electron chi connectivity index (χ3n) is 15.0. The van der Waals surface area contributed by atoms with Crippen molar-refractivity contribution in [1.29, 1.82) is 0 Å². The molecule has 0 saturated carbocycles. The van der Waals surface area contributed by atoms with Gasteiger partial charge in [-0.2, -0.15) is 0 Å². The zero-order valence-electron chi connectivity index (χ0n) is 48.3. The van der Waals surface area contributed by atoms with Crippen LogP contribution in [0.2, 0.25) is 0 Å². The van der Waals surface area contributed by atoms with Gasteiger partial charge in [0.1, 0.15) is 13.2 Å². The van der Waals surface area contributed by atoms with Gasteiger partial charge in [-0.15, -0.1) is 0 Å². The molecule has 6 nitrogen and oxygen atoms in total. The molecule has 0 aliphatic rings. The predicted octanol–water partition coefficient (Wildman–Crippen LogP) is 21.1. The molecule has 416 valence electrons. The van der Waals surface area contributed by atoms with Crippen LogP contribution in [0.3, 0.4) is 0 Å². The van der Waals surface area contributed by atoms with Gasteiger partial charge in [0.15, 0.2) is 6.10 Å². The molecule has 0 aliphatic carbocycles. The van der Waals surface area contributed by atoms with Gasteiger partial charge in [-0.25, -0.2) is 0 Å². The third-order valence-corrected chi connectivity index (χ3v) is 15.0. The van der Waals surface area contributed by atoms with E-state index in [1.807, 2.05) is 0 Å². The van der Waals surface area contributed by atoms with Gasteiger partial charge in [0.05, 0.1) is 0 Å². The Kier molecular flexibility index (Phi) is 53.9. The monoisotopic (exact) mass is 989 g/mol. The van der Waals surface area contributed by atoms with Gasteiger partial charge >= 0.3 is 17.9 Å². The maximum Gasteiger partial charge on any atom is 0.306 e. The zero-order chi connectivity index (χ0) is 51.2. The third kappa shape index (κ3) is 55.7. The summed E-state index contributed by atoms with van der Waals surface area (Å²) in [5.41, 5.74) is 0. The van der Waals surface area contributed by atoms with Crippen molar-refractivity contribution in [3.8, 4) is 0 Å². The highest BCUT2D eigenvalue weighted by Gasteiger charge is 2.19. The van der Waals surface area contributed by atoms with E-state index < -0.39 is 6.10 Å². The van der Waals surface area contributed by atoms with Crippen LogP contribution < -0.4 is 0 Å².